The van der Waals surface area contributed by atoms with Crippen molar-refractivity contribution in [1.29, 1.82) is 0 Å². The number of nitrogens with zero attached hydrogens (tertiary/aromatic N) is 1. The molecule has 1 rings (SSSR count). The minimum absolute atomic E-state index is 0.146. The van der Waals surface area contributed by atoms with Crippen molar-refractivity contribution in [2.45, 2.75) is 13.8 Å². The van der Waals surface area contributed by atoms with E-state index >= 15 is 0 Å². The zero-order valence-corrected chi connectivity index (χ0v) is 12.3. The largest absolute Gasteiger partial charge is 0.308 e. The molecule has 1 amide bonds. The number of rotatable bonds is 6. The molecule has 21 heavy (non-hydrogen) atoms. The van der Waals surface area contributed by atoms with E-state index < -0.39 is 39.1 Å². The number of carbonyl (C=O) groups excluding carboxylic acids is 1. The highest BCUT2D eigenvalue weighted by Gasteiger charge is 2.21. The average Bonchev–Trinajstić information content (AvgIpc) is 2.42. The Balaban J connectivity index is 2.94. The van der Waals surface area contributed by atoms with Crippen molar-refractivity contribution in [3.8, 4) is 0 Å². The van der Waals surface area contributed by atoms with Gasteiger partial charge < -0.3 is 4.90 Å². The maximum absolute atomic E-state index is 13.7. The van der Waals surface area contributed by atoms with Gasteiger partial charge in [0.05, 0.1) is 11.4 Å². The van der Waals surface area contributed by atoms with Gasteiger partial charge in [-0.2, -0.15) is 0 Å². The lowest BCUT2D eigenvalue weighted by Gasteiger charge is -2.22. The third kappa shape index (κ3) is 4.43. The molecule has 0 aliphatic heterocycles. The summed E-state index contributed by atoms with van der Waals surface area (Å²) in [6, 6.07) is 1.61. The van der Waals surface area contributed by atoms with Crippen LogP contribution in [0.15, 0.2) is 12.1 Å². The van der Waals surface area contributed by atoms with Gasteiger partial charge in [-0.05, 0) is 19.1 Å². The molecule has 0 saturated carbocycles. The molecule has 0 spiro atoms. The van der Waals surface area contributed by atoms with Crippen LogP contribution in [0.2, 0.25) is 0 Å². The molecule has 1 aromatic rings. The van der Waals surface area contributed by atoms with Gasteiger partial charge in [-0.1, -0.05) is 0 Å². The van der Waals surface area contributed by atoms with Gasteiger partial charge in [0.2, 0.25) is 15.9 Å². The second-order valence-corrected chi connectivity index (χ2v) is 6.26. The van der Waals surface area contributed by atoms with Crippen molar-refractivity contribution < 1.29 is 26.4 Å². The van der Waals surface area contributed by atoms with Gasteiger partial charge in [-0.3, -0.25) is 4.79 Å². The fourth-order valence-corrected chi connectivity index (χ4v) is 2.19. The molecule has 5 nitrogen and oxygen atoms in total. The van der Waals surface area contributed by atoms with E-state index in [0.717, 1.165) is 17.9 Å². The quantitative estimate of drug-likeness (QED) is 0.804. The Morgan fingerprint density at radius 1 is 1.24 bits per heavy atom. The van der Waals surface area contributed by atoms with Crippen LogP contribution in [0.4, 0.5) is 18.9 Å². The first-order chi connectivity index (χ1) is 9.69. The molecule has 0 atom stereocenters. The van der Waals surface area contributed by atoms with E-state index in [2.05, 4.69) is 4.72 Å². The molecule has 9 heteroatoms. The number of hydrogen-bond donors (Lipinski definition) is 1. The van der Waals surface area contributed by atoms with Crippen molar-refractivity contribution in [3.05, 3.63) is 29.6 Å². The van der Waals surface area contributed by atoms with E-state index in [9.17, 15) is 26.4 Å². The van der Waals surface area contributed by atoms with Crippen molar-refractivity contribution in [2.75, 3.05) is 23.7 Å². The molecule has 0 aliphatic carbocycles. The highest BCUT2D eigenvalue weighted by molar-refractivity contribution is 7.89. The Labute approximate surface area is 120 Å². The lowest BCUT2D eigenvalue weighted by molar-refractivity contribution is -0.116. The zero-order chi connectivity index (χ0) is 16.2. The summed E-state index contributed by atoms with van der Waals surface area (Å²) in [5.41, 5.74) is -0.447. The Hall–Kier alpha value is -1.61. The summed E-state index contributed by atoms with van der Waals surface area (Å²) in [5, 5.41) is 0. The summed E-state index contributed by atoms with van der Waals surface area (Å²) in [6.45, 7) is 2.15. The standard InChI is InChI=1S/C12H15F3N2O3S/c1-3-21(19,20)16-6-7-17(8(2)18)10-5-4-9(13)11(14)12(10)15/h4-5,16H,3,6-7H2,1-2H3. The Bertz CT molecular complexity index is 635. The van der Waals surface area contributed by atoms with Crippen molar-refractivity contribution in [2.24, 2.45) is 0 Å². The van der Waals surface area contributed by atoms with Crippen LogP contribution in [0.25, 0.3) is 0 Å². The van der Waals surface area contributed by atoms with E-state index in [-0.39, 0.29) is 18.8 Å². The minimum Gasteiger partial charge on any atom is -0.308 e. The molecule has 0 fully saturated rings. The fourth-order valence-electron chi connectivity index (χ4n) is 1.59. The monoisotopic (exact) mass is 324 g/mol. The summed E-state index contributed by atoms with van der Waals surface area (Å²) >= 11 is 0. The van der Waals surface area contributed by atoms with Crippen LogP contribution in [0.5, 0.6) is 0 Å². The fraction of sp³-hybridized carbons (Fsp3) is 0.417. The third-order valence-electron chi connectivity index (χ3n) is 2.72. The first-order valence-corrected chi connectivity index (χ1v) is 7.73. The number of carbonyl (C=O) groups is 1. The van der Waals surface area contributed by atoms with Gasteiger partial charge in [0.15, 0.2) is 17.5 Å². The van der Waals surface area contributed by atoms with Gasteiger partial charge in [0.1, 0.15) is 0 Å². The summed E-state index contributed by atoms with van der Waals surface area (Å²) in [6.07, 6.45) is 0. The molecule has 0 unspecified atom stereocenters. The molecule has 118 valence electrons. The Morgan fingerprint density at radius 2 is 1.86 bits per heavy atom. The highest BCUT2D eigenvalue weighted by atomic mass is 32.2. The predicted molar refractivity (Wildman–Crippen MR) is 71.8 cm³/mol. The van der Waals surface area contributed by atoms with Gasteiger partial charge >= 0.3 is 0 Å². The predicted octanol–water partition coefficient (Wildman–Crippen LogP) is 1.40. The molecule has 0 aromatic heterocycles. The Morgan fingerprint density at radius 3 is 2.38 bits per heavy atom. The summed E-state index contributed by atoms with van der Waals surface area (Å²) in [7, 11) is -3.46. The molecule has 0 heterocycles. The van der Waals surface area contributed by atoms with Crippen LogP contribution in [0, 0.1) is 17.5 Å². The number of anilines is 1. The number of amides is 1. The minimum atomic E-state index is -3.46. The SMILES string of the molecule is CCS(=O)(=O)NCCN(C(C)=O)c1ccc(F)c(F)c1F. The number of halogens is 3. The van der Waals surface area contributed by atoms with Crippen LogP contribution in [0.3, 0.4) is 0 Å². The average molecular weight is 324 g/mol. The van der Waals surface area contributed by atoms with Crippen LogP contribution < -0.4 is 9.62 Å². The van der Waals surface area contributed by atoms with E-state index in [1.54, 1.807) is 0 Å². The zero-order valence-electron chi connectivity index (χ0n) is 11.5. The van der Waals surface area contributed by atoms with E-state index in [1.807, 2.05) is 0 Å². The van der Waals surface area contributed by atoms with Crippen molar-refractivity contribution >= 4 is 21.6 Å². The molecule has 0 radical (unpaired) electrons. The van der Waals surface area contributed by atoms with Crippen molar-refractivity contribution in [1.82, 2.24) is 4.72 Å². The molecule has 0 aliphatic rings. The summed E-state index contributed by atoms with van der Waals surface area (Å²) in [4.78, 5) is 12.3. The molecule has 0 bridgehead atoms. The third-order valence-corrected chi connectivity index (χ3v) is 4.13. The number of hydrogen-bond acceptors (Lipinski definition) is 3. The first-order valence-electron chi connectivity index (χ1n) is 6.08. The van der Waals surface area contributed by atoms with E-state index in [1.165, 1.54) is 6.92 Å². The van der Waals surface area contributed by atoms with Gasteiger partial charge in [0.25, 0.3) is 0 Å². The summed E-state index contributed by atoms with van der Waals surface area (Å²) < 4.78 is 64.4. The molecular weight excluding hydrogens is 309 g/mol. The second-order valence-electron chi connectivity index (χ2n) is 4.16. The summed E-state index contributed by atoms with van der Waals surface area (Å²) in [5.74, 6) is -5.33. The van der Waals surface area contributed by atoms with Gasteiger partial charge in [0, 0.05) is 20.0 Å². The number of sulfonamides is 1. The molecule has 1 N–H and O–H groups in total. The van der Waals surface area contributed by atoms with Crippen molar-refractivity contribution in [3.63, 3.8) is 0 Å². The van der Waals surface area contributed by atoms with Crippen LogP contribution in [0.1, 0.15) is 13.8 Å². The normalized spacial score (nSPS) is 11.5. The maximum atomic E-state index is 13.7. The maximum Gasteiger partial charge on any atom is 0.223 e. The number of benzene rings is 1. The first kappa shape index (κ1) is 17.4. The molecular formula is C12H15F3N2O3S. The smallest absolute Gasteiger partial charge is 0.223 e. The van der Waals surface area contributed by atoms with Gasteiger partial charge in [-0.15, -0.1) is 0 Å². The van der Waals surface area contributed by atoms with E-state index in [0.29, 0.717) is 6.07 Å². The van der Waals surface area contributed by atoms with Crippen LogP contribution >= 0.6 is 0 Å². The van der Waals surface area contributed by atoms with Crippen LogP contribution in [-0.4, -0.2) is 33.2 Å². The highest BCUT2D eigenvalue weighted by Crippen LogP contribution is 2.23. The number of nitrogens with one attached hydrogen (secondary N) is 1. The van der Waals surface area contributed by atoms with Crippen LogP contribution in [-0.2, 0) is 14.8 Å². The molecule has 0 saturated heterocycles. The topological polar surface area (TPSA) is 66.5 Å². The Kier molecular flexibility index (Phi) is 5.73. The lowest BCUT2D eigenvalue weighted by Crippen LogP contribution is -2.38. The second kappa shape index (κ2) is 6.90. The van der Waals surface area contributed by atoms with E-state index in [4.69, 9.17) is 0 Å². The molecule has 1 aromatic carbocycles. The van der Waals surface area contributed by atoms with Gasteiger partial charge in [-0.25, -0.2) is 26.3 Å². The lowest BCUT2D eigenvalue weighted by atomic mass is 10.2.